The predicted octanol–water partition coefficient (Wildman–Crippen LogP) is -2.85. The van der Waals surface area contributed by atoms with E-state index >= 15 is 0 Å². The fourth-order valence-electron chi connectivity index (χ4n) is 1.32. The van der Waals surface area contributed by atoms with Crippen LogP contribution in [0.1, 0.15) is 5.82 Å². The summed E-state index contributed by atoms with van der Waals surface area (Å²) < 4.78 is 1.46. The van der Waals surface area contributed by atoms with Crippen LogP contribution in [0, 0.1) is 0 Å². The summed E-state index contributed by atoms with van der Waals surface area (Å²) in [4.78, 5) is 22.8. The third kappa shape index (κ3) is 2.45. The summed E-state index contributed by atoms with van der Waals surface area (Å²) in [7, 11) is 1.74. The molecule has 0 aromatic carbocycles. The maximum atomic E-state index is 10.5. The fourth-order valence-corrected chi connectivity index (χ4v) is 1.32. The molecule has 17 heavy (non-hydrogen) atoms. The first-order valence-electron chi connectivity index (χ1n) is 4.87. The molecule has 9 heteroatoms. The van der Waals surface area contributed by atoms with Gasteiger partial charge in [-0.1, -0.05) is 0 Å². The van der Waals surface area contributed by atoms with E-state index in [4.69, 9.17) is 5.84 Å². The first-order valence-corrected chi connectivity index (χ1v) is 4.87. The number of aromatic nitrogens is 5. The lowest BCUT2D eigenvalue weighted by molar-refractivity contribution is -0.119. The van der Waals surface area contributed by atoms with Gasteiger partial charge >= 0.3 is 0 Å². The van der Waals surface area contributed by atoms with Crippen LogP contribution < -0.4 is 11.6 Å². The summed E-state index contributed by atoms with van der Waals surface area (Å²) >= 11 is 0. The van der Waals surface area contributed by atoms with E-state index in [1.54, 1.807) is 26.3 Å². The molecule has 0 unspecified atom stereocenters. The molecule has 0 radical (unpaired) electrons. The lowest BCUT2D eigenvalue weighted by Crippen LogP contribution is -2.30. The van der Waals surface area contributed by atoms with Crippen LogP contribution in [-0.2, 0) is 11.3 Å². The zero-order chi connectivity index (χ0) is 12.3. The number of hydrazine groups is 1. The largest absolute Gasteiger partial charge is 0.277 e. The van der Waals surface area contributed by atoms with Gasteiger partial charge in [-0.05, 0) is 6.07 Å². The Hall–Kier alpha value is -2.29. The number of carbonyl (C=O) groups excluding carboxylic acids is 1. The second-order valence-electron chi connectivity index (χ2n) is 3.31. The van der Waals surface area contributed by atoms with Gasteiger partial charge in [0.25, 0.3) is 5.95 Å². The van der Waals surface area contributed by atoms with Crippen molar-refractivity contribution in [3.8, 4) is 5.95 Å². The summed E-state index contributed by atoms with van der Waals surface area (Å²) in [6.07, 6.45) is 3.71. The molecule has 2 aromatic rings. The number of nitrogens with two attached hydrogens (primary N) is 1. The zero-order valence-corrected chi connectivity index (χ0v) is 9.19. The van der Waals surface area contributed by atoms with Gasteiger partial charge in [0.15, 0.2) is 13.7 Å². The second-order valence-corrected chi connectivity index (χ2v) is 3.31. The molecule has 0 saturated carbocycles. The maximum absolute atomic E-state index is 10.5. The quantitative estimate of drug-likeness (QED) is 0.200. The van der Waals surface area contributed by atoms with E-state index in [-0.39, 0.29) is 6.54 Å². The minimum Gasteiger partial charge on any atom is -0.277 e. The van der Waals surface area contributed by atoms with Gasteiger partial charge in [0.05, 0.1) is 6.54 Å². The van der Waals surface area contributed by atoms with Gasteiger partial charge < -0.3 is 0 Å². The topological polar surface area (TPSA) is 103 Å². The first kappa shape index (κ1) is 11.2. The Morgan fingerprint density at radius 3 is 2.82 bits per heavy atom. The van der Waals surface area contributed by atoms with Crippen molar-refractivity contribution < 1.29 is 4.79 Å². The average molecular weight is 231 g/mol. The molecule has 0 aliphatic heterocycles. The van der Waals surface area contributed by atoms with Crippen LogP contribution in [0.3, 0.4) is 0 Å². The molecule has 0 aliphatic carbocycles. The predicted molar refractivity (Wildman–Crippen MR) is 60.9 cm³/mol. The number of nitrogens with zero attached hydrogens (tertiary/aromatic N) is 6. The number of hydrogen-bond donors (Lipinski definition) is 1. The van der Waals surface area contributed by atoms with Gasteiger partial charge in [-0.25, -0.2) is 20.8 Å². The number of hydrogen-bond acceptors (Lipinski definition) is 6. The van der Waals surface area contributed by atoms with Gasteiger partial charge in [-0.15, -0.1) is 0 Å². The third-order valence-corrected chi connectivity index (χ3v) is 1.98. The summed E-state index contributed by atoms with van der Waals surface area (Å²) in [6.45, 7) is 0.141. The molecule has 0 bridgehead atoms. The lowest BCUT2D eigenvalue weighted by atomic mass is 10.1. The van der Waals surface area contributed by atoms with Crippen LogP contribution in [0.4, 0.5) is 0 Å². The minimum absolute atomic E-state index is 0.141. The first-order chi connectivity index (χ1) is 8.20. The van der Waals surface area contributed by atoms with Crippen LogP contribution in [0.25, 0.3) is 5.95 Å². The van der Waals surface area contributed by atoms with E-state index in [9.17, 15) is 4.79 Å². The third-order valence-electron chi connectivity index (χ3n) is 1.98. The highest BCUT2D eigenvalue weighted by Crippen LogP contribution is 2.01. The molecular formula is C8H10BN7O. The van der Waals surface area contributed by atoms with Gasteiger partial charge in [0.2, 0.25) is 6.41 Å². The highest BCUT2D eigenvalue weighted by Gasteiger charge is 2.12. The van der Waals surface area contributed by atoms with Crippen molar-refractivity contribution in [3.05, 3.63) is 24.3 Å². The van der Waals surface area contributed by atoms with Crippen LogP contribution in [0.5, 0.6) is 0 Å². The molecule has 0 aliphatic rings. The van der Waals surface area contributed by atoms with Crippen molar-refractivity contribution in [1.29, 1.82) is 0 Å². The van der Waals surface area contributed by atoms with Crippen molar-refractivity contribution in [2.45, 2.75) is 6.54 Å². The van der Waals surface area contributed by atoms with Crippen LogP contribution in [0.2, 0.25) is 0 Å². The van der Waals surface area contributed by atoms with Crippen LogP contribution >= 0.6 is 0 Å². The second kappa shape index (κ2) is 4.70. The summed E-state index contributed by atoms with van der Waals surface area (Å²) in [5, 5.41) is 5.13. The van der Waals surface area contributed by atoms with Gasteiger partial charge in [-0.3, -0.25) is 9.80 Å². The molecule has 0 saturated heterocycles. The SMILES string of the molecule is Bc1nc(CN(N)C=O)n(-c2ncccn2)n1. The van der Waals surface area contributed by atoms with E-state index in [1.165, 1.54) is 4.68 Å². The molecule has 2 rings (SSSR count). The highest BCUT2D eigenvalue weighted by atomic mass is 16.1. The van der Waals surface area contributed by atoms with E-state index in [1.807, 2.05) is 0 Å². The van der Waals surface area contributed by atoms with E-state index in [2.05, 4.69) is 20.1 Å². The molecule has 0 atom stereocenters. The van der Waals surface area contributed by atoms with E-state index < -0.39 is 0 Å². The zero-order valence-electron chi connectivity index (χ0n) is 9.19. The van der Waals surface area contributed by atoms with Crippen LogP contribution in [0.15, 0.2) is 18.5 Å². The normalized spacial score (nSPS) is 10.2. The maximum Gasteiger partial charge on any atom is 0.252 e. The lowest BCUT2D eigenvalue weighted by Gasteiger charge is -2.09. The van der Waals surface area contributed by atoms with Crippen molar-refractivity contribution in [1.82, 2.24) is 29.7 Å². The van der Waals surface area contributed by atoms with E-state index in [0.717, 1.165) is 5.01 Å². The minimum atomic E-state index is 0.141. The number of carbonyl (C=O) groups is 1. The fraction of sp³-hybridized carbons (Fsp3) is 0.125. The smallest absolute Gasteiger partial charge is 0.252 e. The molecule has 2 aromatic heterocycles. The monoisotopic (exact) mass is 231 g/mol. The Kier molecular flexibility index (Phi) is 3.10. The average Bonchev–Trinajstić information content (AvgIpc) is 2.71. The van der Waals surface area contributed by atoms with Crippen molar-refractivity contribution >= 4 is 20.0 Å². The van der Waals surface area contributed by atoms with Crippen LogP contribution in [-0.4, -0.2) is 44.0 Å². The molecule has 86 valence electrons. The Morgan fingerprint density at radius 2 is 2.18 bits per heavy atom. The van der Waals surface area contributed by atoms with Gasteiger partial charge in [-0.2, -0.15) is 9.78 Å². The Labute approximate surface area is 97.9 Å². The summed E-state index contributed by atoms with van der Waals surface area (Å²) in [6, 6.07) is 1.70. The highest BCUT2D eigenvalue weighted by molar-refractivity contribution is 6.28. The molecule has 1 amide bonds. The van der Waals surface area contributed by atoms with Gasteiger partial charge in [0, 0.05) is 12.4 Å². The molecular weight excluding hydrogens is 221 g/mol. The Bertz CT molecular complexity index is 514. The van der Waals surface area contributed by atoms with Crippen molar-refractivity contribution in [2.24, 2.45) is 5.84 Å². The molecule has 2 heterocycles. The molecule has 0 fully saturated rings. The van der Waals surface area contributed by atoms with E-state index in [0.29, 0.717) is 23.9 Å². The molecule has 0 spiro atoms. The Balaban J connectivity index is 2.37. The standard InChI is InChI=1S/C8H10BN7O/c9-7-13-6(4-15(10)5-17)16(14-7)8-11-2-1-3-12-8/h1-3,5H,4,9-10H2. The molecule has 2 N–H and O–H groups in total. The Morgan fingerprint density at radius 1 is 1.47 bits per heavy atom. The molecule has 8 nitrogen and oxygen atoms in total. The number of rotatable bonds is 4. The van der Waals surface area contributed by atoms with Gasteiger partial charge in [0.1, 0.15) is 5.72 Å². The van der Waals surface area contributed by atoms with Crippen molar-refractivity contribution in [2.75, 3.05) is 0 Å². The summed E-state index contributed by atoms with van der Waals surface area (Å²) in [5.74, 6) is 6.30. The number of amides is 1. The van der Waals surface area contributed by atoms with Crippen molar-refractivity contribution in [3.63, 3.8) is 0 Å². The summed E-state index contributed by atoms with van der Waals surface area (Å²) in [5.41, 5.74) is 0.562.